The zero-order chi connectivity index (χ0) is 11.7. The molecule has 1 saturated carbocycles. The first-order chi connectivity index (χ1) is 7.58. The molecule has 1 aliphatic rings. The van der Waals surface area contributed by atoms with E-state index in [0.717, 1.165) is 24.2 Å². The smallest absolute Gasteiger partial charge is 0.356 e. The van der Waals surface area contributed by atoms with Gasteiger partial charge in [-0.25, -0.2) is 9.78 Å². The van der Waals surface area contributed by atoms with Gasteiger partial charge in [0.25, 0.3) is 0 Å². The molecule has 86 valence electrons. The molecule has 0 unspecified atom stereocenters. The monoisotopic (exact) mass is 240 g/mol. The Balaban J connectivity index is 2.23. The minimum absolute atomic E-state index is 0.140. The number of aromatic carboxylic acids is 1. The molecule has 0 bridgehead atoms. The van der Waals surface area contributed by atoms with Crippen molar-refractivity contribution in [3.63, 3.8) is 0 Å². The Kier molecular flexibility index (Phi) is 2.91. The van der Waals surface area contributed by atoms with Crippen molar-refractivity contribution in [2.24, 2.45) is 0 Å². The average molecular weight is 240 g/mol. The van der Waals surface area contributed by atoms with E-state index in [-0.39, 0.29) is 16.4 Å². The van der Waals surface area contributed by atoms with Crippen molar-refractivity contribution in [2.75, 3.05) is 5.32 Å². The Labute approximate surface area is 96.5 Å². The van der Waals surface area contributed by atoms with Crippen LogP contribution < -0.4 is 5.32 Å². The molecule has 1 aliphatic carbocycles. The quantitative estimate of drug-likeness (QED) is 0.787. The summed E-state index contributed by atoms with van der Waals surface area (Å²) < 4.78 is 0. The van der Waals surface area contributed by atoms with Gasteiger partial charge in [0, 0.05) is 13.0 Å². The highest BCUT2D eigenvalue weighted by molar-refractivity contribution is 7.17. The van der Waals surface area contributed by atoms with Gasteiger partial charge in [0.1, 0.15) is 4.88 Å². The van der Waals surface area contributed by atoms with Crippen LogP contribution in [0, 0.1) is 0 Å². The van der Waals surface area contributed by atoms with E-state index in [0.29, 0.717) is 11.2 Å². The molecule has 16 heavy (non-hydrogen) atoms. The fourth-order valence-corrected chi connectivity index (χ4v) is 2.42. The molecule has 0 aliphatic heterocycles. The molecule has 1 aromatic rings. The molecular formula is C10H12N2O3S. The maximum Gasteiger partial charge on any atom is 0.356 e. The Morgan fingerprint density at radius 2 is 2.19 bits per heavy atom. The molecule has 2 rings (SSSR count). The van der Waals surface area contributed by atoms with Crippen LogP contribution in [0.1, 0.15) is 46.3 Å². The predicted molar refractivity (Wildman–Crippen MR) is 60.3 cm³/mol. The number of anilines is 1. The minimum atomic E-state index is -1.15. The van der Waals surface area contributed by atoms with Gasteiger partial charge in [0.05, 0.1) is 0 Å². The van der Waals surface area contributed by atoms with Crippen molar-refractivity contribution >= 4 is 28.2 Å². The van der Waals surface area contributed by atoms with Crippen LogP contribution in [0.25, 0.3) is 0 Å². The summed E-state index contributed by atoms with van der Waals surface area (Å²) in [6.07, 6.45) is 3.35. The molecule has 0 saturated heterocycles. The lowest BCUT2D eigenvalue weighted by atomic mass is 9.93. The van der Waals surface area contributed by atoms with Crippen LogP contribution in [-0.4, -0.2) is 27.9 Å². The predicted octanol–water partition coefficient (Wildman–Crippen LogP) is 2.01. The SMILES string of the molecule is CC(=O)c1sc(NC2CCC2)nc1C(=O)O. The summed E-state index contributed by atoms with van der Waals surface area (Å²) in [5.74, 6) is -1.40. The standard InChI is InChI=1S/C10H12N2O3S/c1-5(13)8-7(9(14)15)12-10(16-8)11-6-3-2-4-6/h6H,2-4H2,1H3,(H,11,12)(H,14,15). The summed E-state index contributed by atoms with van der Waals surface area (Å²) in [4.78, 5) is 26.3. The van der Waals surface area contributed by atoms with Gasteiger partial charge in [-0.3, -0.25) is 4.79 Å². The maximum absolute atomic E-state index is 11.2. The molecule has 0 atom stereocenters. The van der Waals surface area contributed by atoms with Crippen LogP contribution in [-0.2, 0) is 0 Å². The van der Waals surface area contributed by atoms with Gasteiger partial charge in [-0.1, -0.05) is 11.3 Å². The lowest BCUT2D eigenvalue weighted by Crippen LogP contribution is -2.26. The zero-order valence-electron chi connectivity index (χ0n) is 8.82. The van der Waals surface area contributed by atoms with Crippen LogP contribution >= 0.6 is 11.3 Å². The lowest BCUT2D eigenvalue weighted by Gasteiger charge is -2.25. The number of nitrogens with one attached hydrogen (secondary N) is 1. The van der Waals surface area contributed by atoms with Gasteiger partial charge in [-0.05, 0) is 19.3 Å². The molecule has 0 amide bonds. The highest BCUT2D eigenvalue weighted by atomic mass is 32.1. The van der Waals surface area contributed by atoms with Crippen LogP contribution in [0.2, 0.25) is 0 Å². The number of ketones is 1. The number of hydrogen-bond donors (Lipinski definition) is 2. The van der Waals surface area contributed by atoms with Crippen molar-refractivity contribution < 1.29 is 14.7 Å². The summed E-state index contributed by atoms with van der Waals surface area (Å²) in [6.45, 7) is 1.35. The third-order valence-corrected chi connectivity index (χ3v) is 3.67. The van der Waals surface area contributed by atoms with Crippen LogP contribution in [0.15, 0.2) is 0 Å². The Hall–Kier alpha value is -1.43. The first kappa shape index (κ1) is 11.1. The van der Waals surface area contributed by atoms with E-state index in [1.54, 1.807) is 0 Å². The number of Topliss-reactive ketones (excluding diaryl/α,β-unsaturated/α-hetero) is 1. The van der Waals surface area contributed by atoms with Gasteiger partial charge in [0.15, 0.2) is 16.6 Å². The summed E-state index contributed by atoms with van der Waals surface area (Å²) in [6, 6.07) is 0.382. The van der Waals surface area contributed by atoms with Gasteiger partial charge < -0.3 is 10.4 Å². The number of hydrogen-bond acceptors (Lipinski definition) is 5. The first-order valence-corrected chi connectivity index (χ1v) is 5.91. The second kappa shape index (κ2) is 4.21. The first-order valence-electron chi connectivity index (χ1n) is 5.09. The average Bonchev–Trinajstić information content (AvgIpc) is 2.55. The Bertz CT molecular complexity index is 406. The van der Waals surface area contributed by atoms with Crippen molar-refractivity contribution in [3.05, 3.63) is 10.6 Å². The van der Waals surface area contributed by atoms with Crippen LogP contribution in [0.4, 0.5) is 5.13 Å². The normalized spacial score (nSPS) is 15.6. The van der Waals surface area contributed by atoms with Gasteiger partial charge in [-0.2, -0.15) is 0 Å². The lowest BCUT2D eigenvalue weighted by molar-refractivity contribution is 0.0687. The molecule has 5 nitrogen and oxygen atoms in total. The van der Waals surface area contributed by atoms with Crippen molar-refractivity contribution in [1.29, 1.82) is 0 Å². The Morgan fingerprint density at radius 3 is 2.56 bits per heavy atom. The highest BCUT2D eigenvalue weighted by Crippen LogP contribution is 2.28. The van der Waals surface area contributed by atoms with Gasteiger partial charge in [-0.15, -0.1) is 0 Å². The third kappa shape index (κ3) is 2.06. The van der Waals surface area contributed by atoms with Crippen molar-refractivity contribution in [1.82, 2.24) is 4.98 Å². The summed E-state index contributed by atoms with van der Waals surface area (Å²) >= 11 is 1.12. The van der Waals surface area contributed by atoms with E-state index < -0.39 is 5.97 Å². The van der Waals surface area contributed by atoms with Gasteiger partial charge >= 0.3 is 5.97 Å². The molecule has 6 heteroatoms. The third-order valence-electron chi connectivity index (χ3n) is 2.58. The number of rotatable bonds is 4. The number of carboxylic acids is 1. The fourth-order valence-electron chi connectivity index (χ4n) is 1.49. The molecule has 0 radical (unpaired) electrons. The number of carboxylic acid groups (broad SMARTS) is 1. The number of thiazole rings is 1. The van der Waals surface area contributed by atoms with Crippen molar-refractivity contribution in [3.8, 4) is 0 Å². The van der Waals surface area contributed by atoms with E-state index in [1.165, 1.54) is 13.3 Å². The molecule has 0 spiro atoms. The zero-order valence-corrected chi connectivity index (χ0v) is 9.63. The summed E-state index contributed by atoms with van der Waals surface area (Å²) in [5, 5.41) is 12.6. The number of carbonyl (C=O) groups excluding carboxylic acids is 1. The topological polar surface area (TPSA) is 79.3 Å². The molecule has 0 aromatic carbocycles. The number of nitrogens with zero attached hydrogens (tertiary/aromatic N) is 1. The molecule has 1 heterocycles. The van der Waals surface area contributed by atoms with E-state index in [4.69, 9.17) is 5.11 Å². The van der Waals surface area contributed by atoms with E-state index in [9.17, 15) is 9.59 Å². The minimum Gasteiger partial charge on any atom is -0.476 e. The van der Waals surface area contributed by atoms with Gasteiger partial charge in [0.2, 0.25) is 0 Å². The maximum atomic E-state index is 11.2. The number of carbonyl (C=O) groups is 2. The van der Waals surface area contributed by atoms with Crippen molar-refractivity contribution in [2.45, 2.75) is 32.2 Å². The van der Waals surface area contributed by atoms with E-state index in [1.807, 2.05) is 0 Å². The Morgan fingerprint density at radius 1 is 1.50 bits per heavy atom. The van der Waals surface area contributed by atoms with Crippen LogP contribution in [0.3, 0.4) is 0 Å². The van der Waals surface area contributed by atoms with E-state index >= 15 is 0 Å². The second-order valence-corrected chi connectivity index (χ2v) is 4.83. The highest BCUT2D eigenvalue weighted by Gasteiger charge is 2.23. The molecule has 1 aromatic heterocycles. The largest absolute Gasteiger partial charge is 0.476 e. The molecule has 1 fully saturated rings. The second-order valence-electron chi connectivity index (χ2n) is 3.83. The summed E-state index contributed by atoms with van der Waals surface area (Å²) in [7, 11) is 0. The number of aromatic nitrogens is 1. The fraction of sp³-hybridized carbons (Fsp3) is 0.500. The molecular weight excluding hydrogens is 228 g/mol. The molecule has 2 N–H and O–H groups in total. The summed E-state index contributed by atoms with van der Waals surface area (Å²) in [5.41, 5.74) is -0.140. The van der Waals surface area contributed by atoms with Crippen LogP contribution in [0.5, 0.6) is 0 Å². The van der Waals surface area contributed by atoms with E-state index in [2.05, 4.69) is 10.3 Å².